The Morgan fingerprint density at radius 1 is 0.917 bits per heavy atom. The number of carbonyl (C=O) groups excluding carboxylic acids is 3. The third-order valence-corrected chi connectivity index (χ3v) is 3.23. The van der Waals surface area contributed by atoms with E-state index in [4.69, 9.17) is 14.2 Å². The second-order valence-corrected chi connectivity index (χ2v) is 4.66. The van der Waals surface area contributed by atoms with Gasteiger partial charge in [-0.05, 0) is 19.9 Å². The van der Waals surface area contributed by atoms with Crippen molar-refractivity contribution in [2.24, 2.45) is 0 Å². The Hall–Kier alpha value is -2.96. The van der Waals surface area contributed by atoms with Crippen molar-refractivity contribution in [1.29, 1.82) is 0 Å². The zero-order chi connectivity index (χ0) is 17.7. The Morgan fingerprint density at radius 3 is 2.17 bits per heavy atom. The van der Waals surface area contributed by atoms with Crippen molar-refractivity contribution in [3.63, 3.8) is 0 Å². The van der Waals surface area contributed by atoms with Gasteiger partial charge in [0.15, 0.2) is 5.69 Å². The molecular formula is C17H17NO6. The smallest absolute Gasteiger partial charge is 0.357 e. The molecule has 126 valence electrons. The number of carbonyl (C=O) groups is 3. The fourth-order valence-corrected chi connectivity index (χ4v) is 2.28. The number of benzene rings is 1. The molecule has 0 radical (unpaired) electrons. The van der Waals surface area contributed by atoms with Crippen LogP contribution in [0.1, 0.15) is 45.1 Å². The summed E-state index contributed by atoms with van der Waals surface area (Å²) in [6.45, 7) is 3.43. The molecule has 0 aliphatic heterocycles. The predicted molar refractivity (Wildman–Crippen MR) is 85.0 cm³/mol. The molecule has 0 fully saturated rings. The zero-order valence-corrected chi connectivity index (χ0v) is 13.6. The number of methoxy groups -OCH3 is 1. The van der Waals surface area contributed by atoms with Crippen molar-refractivity contribution >= 4 is 28.8 Å². The highest BCUT2D eigenvalue weighted by molar-refractivity contribution is 6.16. The Labute approximate surface area is 138 Å². The van der Waals surface area contributed by atoms with Gasteiger partial charge in [-0.2, -0.15) is 0 Å². The first kappa shape index (κ1) is 17.4. The third-order valence-electron chi connectivity index (χ3n) is 3.23. The van der Waals surface area contributed by atoms with E-state index in [0.29, 0.717) is 10.9 Å². The van der Waals surface area contributed by atoms with Gasteiger partial charge < -0.3 is 14.2 Å². The van der Waals surface area contributed by atoms with Crippen LogP contribution in [-0.2, 0) is 14.2 Å². The molecule has 0 bridgehead atoms. The fourth-order valence-electron chi connectivity index (χ4n) is 2.28. The Bertz CT molecular complexity index is 799. The first-order valence-electron chi connectivity index (χ1n) is 7.40. The molecule has 1 aromatic carbocycles. The first-order valence-corrected chi connectivity index (χ1v) is 7.40. The van der Waals surface area contributed by atoms with Gasteiger partial charge >= 0.3 is 17.9 Å². The minimum atomic E-state index is -0.834. The number of fused-ring (bicyclic) bond motifs is 1. The molecule has 0 unspecified atom stereocenters. The summed E-state index contributed by atoms with van der Waals surface area (Å²) in [5, 5.41) is 0.389. The quantitative estimate of drug-likeness (QED) is 0.613. The molecule has 0 saturated heterocycles. The summed E-state index contributed by atoms with van der Waals surface area (Å²) >= 11 is 0. The van der Waals surface area contributed by atoms with E-state index in [0.717, 1.165) is 0 Å². The summed E-state index contributed by atoms with van der Waals surface area (Å²) in [7, 11) is 1.19. The number of rotatable bonds is 5. The van der Waals surface area contributed by atoms with Crippen LogP contribution in [0, 0.1) is 0 Å². The monoisotopic (exact) mass is 331 g/mol. The van der Waals surface area contributed by atoms with E-state index in [1.807, 2.05) is 0 Å². The van der Waals surface area contributed by atoms with E-state index < -0.39 is 17.9 Å². The molecule has 0 saturated carbocycles. The number of aromatic nitrogens is 1. The lowest BCUT2D eigenvalue weighted by Gasteiger charge is -2.14. The zero-order valence-electron chi connectivity index (χ0n) is 13.6. The molecule has 0 spiro atoms. The van der Waals surface area contributed by atoms with E-state index in [-0.39, 0.29) is 30.0 Å². The molecule has 0 aliphatic rings. The second-order valence-electron chi connectivity index (χ2n) is 4.66. The van der Waals surface area contributed by atoms with Crippen LogP contribution in [0.4, 0.5) is 0 Å². The van der Waals surface area contributed by atoms with Gasteiger partial charge in [0.05, 0.1) is 31.4 Å². The van der Waals surface area contributed by atoms with Gasteiger partial charge in [-0.15, -0.1) is 0 Å². The van der Waals surface area contributed by atoms with Crippen molar-refractivity contribution in [1.82, 2.24) is 4.98 Å². The van der Waals surface area contributed by atoms with Gasteiger partial charge in [0.25, 0.3) is 0 Å². The molecule has 0 N–H and O–H groups in total. The lowest BCUT2D eigenvalue weighted by atomic mass is 10.00. The van der Waals surface area contributed by atoms with Crippen molar-refractivity contribution in [3.05, 3.63) is 41.1 Å². The number of hydrogen-bond acceptors (Lipinski definition) is 7. The van der Waals surface area contributed by atoms with E-state index in [2.05, 4.69) is 4.98 Å². The average Bonchev–Trinajstić information content (AvgIpc) is 2.59. The first-order chi connectivity index (χ1) is 11.5. The van der Waals surface area contributed by atoms with Gasteiger partial charge in [0.2, 0.25) is 0 Å². The highest BCUT2D eigenvalue weighted by Crippen LogP contribution is 2.26. The number of hydrogen-bond donors (Lipinski definition) is 0. The molecule has 7 heteroatoms. The van der Waals surface area contributed by atoms with E-state index >= 15 is 0 Å². The van der Waals surface area contributed by atoms with E-state index in [9.17, 15) is 14.4 Å². The van der Waals surface area contributed by atoms with Crippen LogP contribution in [0.25, 0.3) is 10.9 Å². The summed E-state index contributed by atoms with van der Waals surface area (Å²) in [6.07, 6.45) is 0. The van der Waals surface area contributed by atoms with Crippen LogP contribution in [0.15, 0.2) is 24.3 Å². The Balaban J connectivity index is 2.87. The lowest BCUT2D eigenvalue weighted by molar-refractivity contribution is 0.0465. The number of esters is 3. The molecule has 0 aliphatic carbocycles. The summed E-state index contributed by atoms with van der Waals surface area (Å²) < 4.78 is 14.7. The maximum absolute atomic E-state index is 12.4. The summed E-state index contributed by atoms with van der Waals surface area (Å²) in [5.74, 6) is -2.40. The standard InChI is InChI=1S/C17H17NO6/c1-4-23-16(20)13-12(15(19)22-3)10-8-6-7-9-11(10)18-14(13)17(21)24-5-2/h6-9H,4-5H2,1-3H3. The van der Waals surface area contributed by atoms with Crippen molar-refractivity contribution < 1.29 is 28.6 Å². The molecule has 0 amide bonds. The minimum absolute atomic E-state index is 0.0652. The van der Waals surface area contributed by atoms with Crippen LogP contribution < -0.4 is 0 Å². The highest BCUT2D eigenvalue weighted by Gasteiger charge is 2.30. The van der Waals surface area contributed by atoms with Crippen molar-refractivity contribution in [2.75, 3.05) is 20.3 Å². The van der Waals surface area contributed by atoms with Crippen molar-refractivity contribution in [3.8, 4) is 0 Å². The van der Waals surface area contributed by atoms with Crippen LogP contribution >= 0.6 is 0 Å². The lowest BCUT2D eigenvalue weighted by Crippen LogP contribution is -2.21. The molecule has 24 heavy (non-hydrogen) atoms. The molecule has 7 nitrogen and oxygen atoms in total. The van der Waals surface area contributed by atoms with Gasteiger partial charge in [0, 0.05) is 5.39 Å². The second kappa shape index (κ2) is 7.54. The highest BCUT2D eigenvalue weighted by atomic mass is 16.5. The van der Waals surface area contributed by atoms with Gasteiger partial charge in [0.1, 0.15) is 5.56 Å². The Kier molecular flexibility index (Phi) is 5.47. The third kappa shape index (κ3) is 3.19. The molecule has 1 heterocycles. The minimum Gasteiger partial charge on any atom is -0.465 e. The number of ether oxygens (including phenoxy) is 3. The van der Waals surface area contributed by atoms with E-state index in [1.165, 1.54) is 7.11 Å². The number of para-hydroxylation sites is 1. The molecule has 1 aromatic heterocycles. The number of pyridine rings is 1. The van der Waals surface area contributed by atoms with Crippen LogP contribution in [0.2, 0.25) is 0 Å². The van der Waals surface area contributed by atoms with Gasteiger partial charge in [-0.3, -0.25) is 0 Å². The van der Waals surface area contributed by atoms with Gasteiger partial charge in [-0.25, -0.2) is 19.4 Å². The number of nitrogens with zero attached hydrogens (tertiary/aromatic N) is 1. The SMILES string of the molecule is CCOC(=O)c1nc2ccccc2c(C(=O)OC)c1C(=O)OCC. The Morgan fingerprint density at radius 2 is 1.54 bits per heavy atom. The summed E-state index contributed by atoms with van der Waals surface area (Å²) in [6, 6.07) is 6.64. The molecular weight excluding hydrogens is 314 g/mol. The summed E-state index contributed by atoms with van der Waals surface area (Å²) in [5.41, 5.74) is -0.214. The molecule has 2 aromatic rings. The average molecular weight is 331 g/mol. The molecule has 0 atom stereocenters. The topological polar surface area (TPSA) is 91.8 Å². The fraction of sp³-hybridized carbons (Fsp3) is 0.294. The predicted octanol–water partition coefficient (Wildman–Crippen LogP) is 2.37. The molecule has 2 rings (SSSR count). The maximum atomic E-state index is 12.4. The summed E-state index contributed by atoms with van der Waals surface area (Å²) in [4.78, 5) is 41.1. The van der Waals surface area contributed by atoms with Crippen LogP contribution in [0.5, 0.6) is 0 Å². The normalized spacial score (nSPS) is 10.3. The van der Waals surface area contributed by atoms with Gasteiger partial charge in [-0.1, -0.05) is 18.2 Å². The van der Waals surface area contributed by atoms with Crippen molar-refractivity contribution in [2.45, 2.75) is 13.8 Å². The van der Waals surface area contributed by atoms with Crippen LogP contribution in [-0.4, -0.2) is 43.2 Å². The van der Waals surface area contributed by atoms with E-state index in [1.54, 1.807) is 38.1 Å². The maximum Gasteiger partial charge on any atom is 0.357 e. The largest absolute Gasteiger partial charge is 0.465 e. The van der Waals surface area contributed by atoms with Crippen LogP contribution in [0.3, 0.4) is 0 Å².